The van der Waals surface area contributed by atoms with Gasteiger partial charge in [-0.2, -0.15) is 13.2 Å². The quantitative estimate of drug-likeness (QED) is 0.829. The van der Waals surface area contributed by atoms with E-state index in [-0.39, 0.29) is 25.9 Å². The number of benzene rings is 1. The molecule has 3 nitrogen and oxygen atoms in total. The highest BCUT2D eigenvalue weighted by Gasteiger charge is 2.43. The van der Waals surface area contributed by atoms with Gasteiger partial charge in [-0.3, -0.25) is 0 Å². The summed E-state index contributed by atoms with van der Waals surface area (Å²) in [5, 5.41) is 8.78. The van der Waals surface area contributed by atoms with Crippen molar-refractivity contribution in [3.05, 3.63) is 35.4 Å². The zero-order chi connectivity index (χ0) is 16.5. The van der Waals surface area contributed by atoms with E-state index in [2.05, 4.69) is 0 Å². The zero-order valence-electron chi connectivity index (χ0n) is 11.4. The van der Waals surface area contributed by atoms with Crippen LogP contribution >= 0.6 is 0 Å². The summed E-state index contributed by atoms with van der Waals surface area (Å²) in [6.45, 7) is -0.00749. The smallest absolute Gasteiger partial charge is 0.416 e. The predicted molar refractivity (Wildman–Crippen MR) is 67.7 cm³/mol. The van der Waals surface area contributed by atoms with Gasteiger partial charge in [0.2, 0.25) is 0 Å². The molecule has 1 aromatic rings. The molecule has 2 rings (SSSR count). The summed E-state index contributed by atoms with van der Waals surface area (Å²) in [5.41, 5.74) is -1.46. The third-order valence-corrected chi connectivity index (χ3v) is 3.88. The fourth-order valence-electron chi connectivity index (χ4n) is 2.55. The lowest BCUT2D eigenvalue weighted by Crippen LogP contribution is -2.41. The average Bonchev–Trinajstić information content (AvgIpc) is 2.46. The number of likely N-dealkylation sites (tertiary alicyclic amines) is 1. The molecule has 0 radical (unpaired) electrons. The monoisotopic (exact) mass is 323 g/mol. The molecule has 0 unspecified atom stereocenters. The van der Waals surface area contributed by atoms with E-state index < -0.39 is 35.2 Å². The molecular weight excluding hydrogens is 309 g/mol. The molecule has 8 heteroatoms. The van der Waals surface area contributed by atoms with Crippen LogP contribution in [0.15, 0.2) is 24.3 Å². The molecule has 0 atom stereocenters. The third kappa shape index (κ3) is 3.31. The van der Waals surface area contributed by atoms with Crippen LogP contribution in [-0.4, -0.2) is 29.2 Å². The number of amides is 1. The molecule has 1 aliphatic rings. The van der Waals surface area contributed by atoms with Crippen molar-refractivity contribution in [1.82, 2.24) is 4.90 Å². The maximum Gasteiger partial charge on any atom is 0.416 e. The van der Waals surface area contributed by atoms with E-state index in [1.165, 1.54) is 0 Å². The van der Waals surface area contributed by atoms with Crippen molar-refractivity contribution in [1.29, 1.82) is 0 Å². The highest BCUT2D eigenvalue weighted by Crippen LogP contribution is 2.42. The van der Waals surface area contributed by atoms with Crippen molar-refractivity contribution in [2.24, 2.45) is 5.92 Å². The van der Waals surface area contributed by atoms with E-state index in [4.69, 9.17) is 5.11 Å². The van der Waals surface area contributed by atoms with Gasteiger partial charge in [-0.05, 0) is 25.0 Å². The summed E-state index contributed by atoms with van der Waals surface area (Å²) >= 11 is 0. The van der Waals surface area contributed by atoms with Gasteiger partial charge in [-0.1, -0.05) is 12.1 Å². The minimum absolute atomic E-state index is 0.00375. The summed E-state index contributed by atoms with van der Waals surface area (Å²) in [7, 11) is 0. The van der Waals surface area contributed by atoms with Crippen LogP contribution in [0, 0.1) is 5.92 Å². The number of carboxylic acid groups (broad SMARTS) is 1. The number of hydrogen-bond donors (Lipinski definition) is 1. The van der Waals surface area contributed by atoms with Crippen LogP contribution < -0.4 is 0 Å². The lowest BCUT2D eigenvalue weighted by Gasteiger charge is -2.34. The molecule has 0 bridgehead atoms. The molecule has 1 N–H and O–H groups in total. The molecule has 1 fully saturated rings. The van der Waals surface area contributed by atoms with Crippen molar-refractivity contribution in [2.45, 2.75) is 24.9 Å². The number of piperidine rings is 1. The molecule has 1 aromatic carbocycles. The average molecular weight is 323 g/mol. The number of nitrogens with zero attached hydrogens (tertiary/aromatic N) is 1. The molecule has 0 aliphatic carbocycles. The van der Waals surface area contributed by atoms with Crippen LogP contribution in [-0.2, 0) is 12.1 Å². The Labute approximate surface area is 123 Å². The summed E-state index contributed by atoms with van der Waals surface area (Å²) in [4.78, 5) is 11.8. The second-order valence-corrected chi connectivity index (χ2v) is 5.24. The molecule has 0 aromatic heterocycles. The molecule has 1 amide bonds. The SMILES string of the molecule is O=C(O)N1CCC(C(F)(F)c2ccc(C(F)(F)F)cc2)CC1. The van der Waals surface area contributed by atoms with E-state index in [1.54, 1.807) is 0 Å². The second-order valence-electron chi connectivity index (χ2n) is 5.24. The minimum atomic E-state index is -4.57. The number of alkyl halides is 5. The molecule has 0 spiro atoms. The second kappa shape index (κ2) is 5.73. The summed E-state index contributed by atoms with van der Waals surface area (Å²) in [5.74, 6) is -4.37. The van der Waals surface area contributed by atoms with Crippen molar-refractivity contribution < 1.29 is 31.9 Å². The molecule has 22 heavy (non-hydrogen) atoms. The van der Waals surface area contributed by atoms with Gasteiger partial charge in [0.1, 0.15) is 0 Å². The van der Waals surface area contributed by atoms with E-state index in [1.807, 2.05) is 0 Å². The Morgan fingerprint density at radius 3 is 1.86 bits per heavy atom. The first-order valence-corrected chi connectivity index (χ1v) is 6.66. The van der Waals surface area contributed by atoms with Gasteiger partial charge >= 0.3 is 12.3 Å². The maximum atomic E-state index is 14.4. The molecule has 1 saturated heterocycles. The van der Waals surface area contributed by atoms with E-state index in [0.29, 0.717) is 12.1 Å². The predicted octanol–water partition coefficient (Wildman–Crippen LogP) is 4.19. The van der Waals surface area contributed by atoms with Crippen LogP contribution in [0.3, 0.4) is 0 Å². The topological polar surface area (TPSA) is 40.5 Å². The Hall–Kier alpha value is -1.86. The van der Waals surface area contributed by atoms with E-state index in [0.717, 1.165) is 17.0 Å². The standard InChI is InChI=1S/C14H14F5NO2/c15-13(16,10-5-7-20(8-6-10)12(21)22)9-1-3-11(4-2-9)14(17,18)19/h1-4,10H,5-8H2,(H,21,22). The van der Waals surface area contributed by atoms with Gasteiger partial charge in [0.25, 0.3) is 5.92 Å². The number of carbonyl (C=O) groups is 1. The molecule has 1 aliphatic heterocycles. The van der Waals surface area contributed by atoms with Gasteiger partial charge in [-0.15, -0.1) is 0 Å². The van der Waals surface area contributed by atoms with Crippen LogP contribution in [0.2, 0.25) is 0 Å². The Kier molecular flexibility index (Phi) is 4.30. The largest absolute Gasteiger partial charge is 0.465 e. The maximum absolute atomic E-state index is 14.4. The van der Waals surface area contributed by atoms with E-state index in [9.17, 15) is 26.7 Å². The van der Waals surface area contributed by atoms with Crippen molar-refractivity contribution in [2.75, 3.05) is 13.1 Å². The van der Waals surface area contributed by atoms with Gasteiger partial charge in [0.15, 0.2) is 0 Å². The van der Waals surface area contributed by atoms with Crippen molar-refractivity contribution in [3.63, 3.8) is 0 Å². The van der Waals surface area contributed by atoms with Gasteiger partial charge in [-0.25, -0.2) is 13.6 Å². The molecule has 0 saturated carbocycles. The van der Waals surface area contributed by atoms with Crippen LogP contribution in [0.1, 0.15) is 24.0 Å². The Morgan fingerprint density at radius 2 is 1.45 bits per heavy atom. The normalized spacial score (nSPS) is 17.6. The van der Waals surface area contributed by atoms with Crippen molar-refractivity contribution >= 4 is 6.09 Å². The number of rotatable bonds is 2. The summed E-state index contributed by atoms with van der Waals surface area (Å²) in [6.07, 6.45) is -5.78. The fourth-order valence-corrected chi connectivity index (χ4v) is 2.55. The summed E-state index contributed by atoms with van der Waals surface area (Å²) < 4.78 is 66.0. The molecular formula is C14H14F5NO2. The molecule has 1 heterocycles. The Bertz CT molecular complexity index is 533. The number of halogens is 5. The first-order valence-electron chi connectivity index (χ1n) is 6.66. The van der Waals surface area contributed by atoms with Crippen molar-refractivity contribution in [3.8, 4) is 0 Å². The Morgan fingerprint density at radius 1 is 1.00 bits per heavy atom. The zero-order valence-corrected chi connectivity index (χ0v) is 11.4. The van der Waals surface area contributed by atoms with Gasteiger partial charge in [0.05, 0.1) is 5.56 Å². The first kappa shape index (κ1) is 16.5. The lowest BCUT2D eigenvalue weighted by molar-refractivity contribution is -0.137. The fraction of sp³-hybridized carbons (Fsp3) is 0.500. The number of hydrogen-bond acceptors (Lipinski definition) is 1. The molecule has 122 valence electrons. The van der Waals surface area contributed by atoms with Gasteiger partial charge < -0.3 is 10.0 Å². The Balaban J connectivity index is 2.12. The van der Waals surface area contributed by atoms with Crippen LogP contribution in [0.5, 0.6) is 0 Å². The summed E-state index contributed by atoms with van der Waals surface area (Å²) in [6, 6.07) is 2.84. The highest BCUT2D eigenvalue weighted by atomic mass is 19.4. The van der Waals surface area contributed by atoms with E-state index >= 15 is 0 Å². The highest BCUT2D eigenvalue weighted by molar-refractivity contribution is 5.65. The minimum Gasteiger partial charge on any atom is -0.465 e. The van der Waals surface area contributed by atoms with Crippen LogP contribution in [0.4, 0.5) is 26.7 Å². The van der Waals surface area contributed by atoms with Crippen LogP contribution in [0.25, 0.3) is 0 Å². The first-order chi connectivity index (χ1) is 10.1. The third-order valence-electron chi connectivity index (χ3n) is 3.88. The van der Waals surface area contributed by atoms with Gasteiger partial charge in [0, 0.05) is 24.6 Å². The lowest BCUT2D eigenvalue weighted by atomic mass is 9.86.